The molecule has 0 spiro atoms. The van der Waals surface area contributed by atoms with Crippen molar-refractivity contribution in [3.63, 3.8) is 0 Å². The van der Waals surface area contributed by atoms with Crippen LogP contribution in [0.5, 0.6) is 0 Å². The van der Waals surface area contributed by atoms with Crippen molar-refractivity contribution in [1.82, 2.24) is 0 Å². The van der Waals surface area contributed by atoms with Gasteiger partial charge in [-0.2, -0.15) is 0 Å². The molecule has 2 fully saturated rings. The Morgan fingerprint density at radius 2 is 1.87 bits per heavy atom. The number of hydrogen-bond acceptors (Lipinski definition) is 1. The number of carbonyl (C=O) groups is 1. The van der Waals surface area contributed by atoms with Crippen LogP contribution in [0, 0.1) is 0 Å². The first-order valence-corrected chi connectivity index (χ1v) is 5.75. The highest BCUT2D eigenvalue weighted by Crippen LogP contribution is 2.40. The van der Waals surface area contributed by atoms with Crippen molar-refractivity contribution in [3.8, 4) is 0 Å². The lowest BCUT2D eigenvalue weighted by Gasteiger charge is -2.15. The van der Waals surface area contributed by atoms with Crippen LogP contribution in [-0.2, 0) is 4.79 Å². The molecule has 1 amide bonds. The second kappa shape index (κ2) is 3.37. The van der Waals surface area contributed by atoms with Crippen molar-refractivity contribution in [3.05, 3.63) is 29.8 Å². The van der Waals surface area contributed by atoms with Crippen molar-refractivity contribution in [2.45, 2.75) is 31.6 Å². The Labute approximate surface area is 89.9 Å². The molecule has 78 valence electrons. The molecule has 1 aromatic rings. The Balaban J connectivity index is 1.82. The van der Waals surface area contributed by atoms with Crippen molar-refractivity contribution in [1.29, 1.82) is 0 Å². The first kappa shape index (κ1) is 8.96. The van der Waals surface area contributed by atoms with E-state index < -0.39 is 0 Å². The summed E-state index contributed by atoms with van der Waals surface area (Å²) in [6, 6.07) is 8.55. The topological polar surface area (TPSA) is 20.3 Å². The van der Waals surface area contributed by atoms with Crippen LogP contribution in [0.2, 0.25) is 0 Å². The van der Waals surface area contributed by atoms with Gasteiger partial charge in [0.1, 0.15) is 0 Å². The standard InChI is InChI=1S/C13H15NO/c15-13-2-1-9-14(13)12-7-5-11(6-8-12)10-3-4-10/h5-8,10H,1-4,9H2. The normalized spacial score (nSPS) is 21.1. The lowest BCUT2D eigenvalue weighted by atomic mass is 10.1. The molecule has 2 aliphatic rings. The molecule has 1 saturated carbocycles. The van der Waals surface area contributed by atoms with E-state index in [4.69, 9.17) is 0 Å². The molecular weight excluding hydrogens is 186 g/mol. The molecule has 0 aromatic heterocycles. The SMILES string of the molecule is O=C1CCCN1c1ccc(C2CC2)cc1. The lowest BCUT2D eigenvalue weighted by Crippen LogP contribution is -2.23. The summed E-state index contributed by atoms with van der Waals surface area (Å²) < 4.78 is 0. The number of hydrogen-bond donors (Lipinski definition) is 0. The van der Waals surface area contributed by atoms with Gasteiger partial charge in [-0.25, -0.2) is 0 Å². The van der Waals surface area contributed by atoms with Crippen LogP contribution in [0.1, 0.15) is 37.2 Å². The predicted molar refractivity (Wildman–Crippen MR) is 60.0 cm³/mol. The third kappa shape index (κ3) is 1.65. The Morgan fingerprint density at radius 1 is 1.13 bits per heavy atom. The number of anilines is 1. The van der Waals surface area contributed by atoms with E-state index in [2.05, 4.69) is 24.3 Å². The quantitative estimate of drug-likeness (QED) is 0.720. The van der Waals surface area contributed by atoms with Gasteiger partial charge in [-0.15, -0.1) is 0 Å². The van der Waals surface area contributed by atoms with Gasteiger partial charge in [0.15, 0.2) is 0 Å². The third-order valence-electron chi connectivity index (χ3n) is 3.33. The van der Waals surface area contributed by atoms with Crippen molar-refractivity contribution in [2.24, 2.45) is 0 Å². The highest BCUT2D eigenvalue weighted by Gasteiger charge is 2.25. The number of carbonyl (C=O) groups excluding carboxylic acids is 1. The van der Waals surface area contributed by atoms with Gasteiger partial charge < -0.3 is 4.90 Å². The Hall–Kier alpha value is -1.31. The Bertz CT molecular complexity index is 378. The molecule has 2 heteroatoms. The minimum Gasteiger partial charge on any atom is -0.312 e. The van der Waals surface area contributed by atoms with E-state index in [0.717, 1.165) is 24.6 Å². The van der Waals surface area contributed by atoms with Crippen LogP contribution in [0.25, 0.3) is 0 Å². The summed E-state index contributed by atoms with van der Waals surface area (Å²) in [7, 11) is 0. The molecule has 15 heavy (non-hydrogen) atoms. The van der Waals surface area contributed by atoms with Crippen LogP contribution < -0.4 is 4.90 Å². The highest BCUT2D eigenvalue weighted by atomic mass is 16.2. The zero-order valence-electron chi connectivity index (χ0n) is 8.78. The molecule has 2 nitrogen and oxygen atoms in total. The van der Waals surface area contributed by atoms with Crippen LogP contribution in [0.15, 0.2) is 24.3 Å². The van der Waals surface area contributed by atoms with Gasteiger partial charge in [-0.1, -0.05) is 12.1 Å². The summed E-state index contributed by atoms with van der Waals surface area (Å²) in [6.07, 6.45) is 4.39. The first-order valence-electron chi connectivity index (χ1n) is 5.75. The molecule has 1 aliphatic carbocycles. The average Bonchev–Trinajstić information content (AvgIpc) is 3.02. The van der Waals surface area contributed by atoms with Crippen LogP contribution in [0.4, 0.5) is 5.69 Å². The summed E-state index contributed by atoms with van der Waals surface area (Å²) in [5, 5.41) is 0. The third-order valence-corrected chi connectivity index (χ3v) is 3.33. The molecule has 1 aliphatic heterocycles. The zero-order chi connectivity index (χ0) is 10.3. The van der Waals surface area contributed by atoms with Crippen LogP contribution >= 0.6 is 0 Å². The molecule has 3 rings (SSSR count). The summed E-state index contributed by atoms with van der Waals surface area (Å²) in [6.45, 7) is 0.890. The van der Waals surface area contributed by atoms with E-state index >= 15 is 0 Å². The number of nitrogens with zero attached hydrogens (tertiary/aromatic N) is 1. The van der Waals surface area contributed by atoms with E-state index in [-0.39, 0.29) is 5.91 Å². The second-order valence-electron chi connectivity index (χ2n) is 4.51. The van der Waals surface area contributed by atoms with E-state index in [1.807, 2.05) is 4.90 Å². The summed E-state index contributed by atoms with van der Waals surface area (Å²) in [4.78, 5) is 13.4. The molecule has 1 heterocycles. The fourth-order valence-corrected chi connectivity index (χ4v) is 2.26. The number of amides is 1. The molecule has 0 unspecified atom stereocenters. The van der Waals surface area contributed by atoms with Gasteiger partial charge in [-0.3, -0.25) is 4.79 Å². The maximum Gasteiger partial charge on any atom is 0.227 e. The molecule has 0 atom stereocenters. The Kier molecular flexibility index (Phi) is 2.01. The maximum absolute atomic E-state index is 11.5. The summed E-state index contributed by atoms with van der Waals surface area (Å²) in [5.74, 6) is 1.07. The van der Waals surface area contributed by atoms with Gasteiger partial charge in [0.2, 0.25) is 5.91 Å². The van der Waals surface area contributed by atoms with Gasteiger partial charge in [0.25, 0.3) is 0 Å². The maximum atomic E-state index is 11.5. The fraction of sp³-hybridized carbons (Fsp3) is 0.462. The van der Waals surface area contributed by atoms with Crippen LogP contribution in [0.3, 0.4) is 0 Å². The molecule has 1 aromatic carbocycles. The van der Waals surface area contributed by atoms with Crippen molar-refractivity contribution in [2.75, 3.05) is 11.4 Å². The minimum absolute atomic E-state index is 0.272. The van der Waals surface area contributed by atoms with Crippen molar-refractivity contribution < 1.29 is 4.79 Å². The van der Waals surface area contributed by atoms with E-state index in [1.54, 1.807) is 0 Å². The largest absolute Gasteiger partial charge is 0.312 e. The van der Waals surface area contributed by atoms with Gasteiger partial charge in [0, 0.05) is 18.7 Å². The second-order valence-corrected chi connectivity index (χ2v) is 4.51. The molecule has 0 radical (unpaired) electrons. The smallest absolute Gasteiger partial charge is 0.227 e. The minimum atomic E-state index is 0.272. The summed E-state index contributed by atoms with van der Waals surface area (Å²) >= 11 is 0. The van der Waals surface area contributed by atoms with Crippen LogP contribution in [-0.4, -0.2) is 12.5 Å². The predicted octanol–water partition coefficient (Wildman–Crippen LogP) is 2.69. The van der Waals surface area contributed by atoms with E-state index in [1.165, 1.54) is 18.4 Å². The zero-order valence-corrected chi connectivity index (χ0v) is 8.78. The van der Waals surface area contributed by atoms with Gasteiger partial charge in [-0.05, 0) is 42.9 Å². The molecule has 0 N–H and O–H groups in total. The van der Waals surface area contributed by atoms with Crippen molar-refractivity contribution >= 4 is 11.6 Å². The number of rotatable bonds is 2. The molecular formula is C13H15NO. The van der Waals surface area contributed by atoms with Gasteiger partial charge in [0.05, 0.1) is 0 Å². The monoisotopic (exact) mass is 201 g/mol. The lowest BCUT2D eigenvalue weighted by molar-refractivity contribution is -0.117. The fourth-order valence-electron chi connectivity index (χ4n) is 2.26. The average molecular weight is 201 g/mol. The first-order chi connectivity index (χ1) is 7.34. The number of benzene rings is 1. The molecule has 1 saturated heterocycles. The Morgan fingerprint density at radius 3 is 2.40 bits per heavy atom. The van der Waals surface area contributed by atoms with Gasteiger partial charge >= 0.3 is 0 Å². The summed E-state index contributed by atoms with van der Waals surface area (Å²) in [5.41, 5.74) is 2.51. The highest BCUT2D eigenvalue weighted by molar-refractivity contribution is 5.95. The molecule has 0 bridgehead atoms. The van der Waals surface area contributed by atoms with E-state index in [0.29, 0.717) is 6.42 Å². The van der Waals surface area contributed by atoms with E-state index in [9.17, 15) is 4.79 Å².